The van der Waals surface area contributed by atoms with Crippen LogP contribution in [0.1, 0.15) is 56.2 Å². The van der Waals surface area contributed by atoms with E-state index in [0.717, 1.165) is 10.8 Å². The van der Waals surface area contributed by atoms with Gasteiger partial charge in [0.05, 0.1) is 60.7 Å². The number of aliphatic hydroxyl groups is 1. The van der Waals surface area contributed by atoms with Crippen molar-refractivity contribution in [1.29, 1.82) is 0 Å². The lowest BCUT2D eigenvalue weighted by molar-refractivity contribution is -0.386. The summed E-state index contributed by atoms with van der Waals surface area (Å²) in [7, 11) is -15.6. The molecule has 0 aliphatic carbocycles. The number of aromatic nitrogens is 2. The van der Waals surface area contributed by atoms with Crippen LogP contribution in [0, 0.1) is 27.4 Å². The number of hydrogen-bond acceptors (Lipinski definition) is 15. The van der Waals surface area contributed by atoms with Crippen molar-refractivity contribution in [2.45, 2.75) is 58.3 Å². The number of nitrogens with one attached hydrogen (secondary N) is 1. The Kier molecular flexibility index (Phi) is 13.3. The lowest BCUT2D eigenvalue weighted by Crippen LogP contribution is -2.35. The molecule has 22 nitrogen and oxygen atoms in total. The van der Waals surface area contributed by atoms with E-state index in [1.807, 2.05) is 0 Å². The zero-order valence-corrected chi connectivity index (χ0v) is 29.4. The number of nitrogens with zero attached hydrogens (tertiary/aromatic N) is 2. The van der Waals surface area contributed by atoms with E-state index in [1.165, 1.54) is 19.2 Å². The number of nitrogens with two attached hydrogens (primary N) is 1. The fourth-order valence-electron chi connectivity index (χ4n) is 4.70. The Bertz CT molecular complexity index is 1910. The molecule has 0 bridgehead atoms. The molecule has 1 fully saturated rings. The Balaban J connectivity index is 1.85. The molecule has 50 heavy (non-hydrogen) atoms. The van der Waals surface area contributed by atoms with E-state index in [4.69, 9.17) is 29.7 Å². The van der Waals surface area contributed by atoms with E-state index in [2.05, 4.69) is 30.0 Å². The minimum Gasteiger partial charge on any atom is -0.495 e. The molecule has 2 heterocycles. The largest absolute Gasteiger partial charge is 0.495 e. The highest BCUT2D eigenvalue weighted by molar-refractivity contribution is 7.66. The smallest absolute Gasteiger partial charge is 0.490 e. The quantitative estimate of drug-likeness (QED) is 0.0611. The molecule has 278 valence electrons. The van der Waals surface area contributed by atoms with Gasteiger partial charge in [-0.1, -0.05) is 32.6 Å². The molecule has 0 spiro atoms. The predicted octanol–water partition coefficient (Wildman–Crippen LogP) is 1.06. The first-order chi connectivity index (χ1) is 23.0. The van der Waals surface area contributed by atoms with Crippen molar-refractivity contribution in [2.75, 3.05) is 20.3 Å². The second-order valence-corrected chi connectivity index (χ2v) is 16.0. The van der Waals surface area contributed by atoms with Gasteiger partial charge in [0, 0.05) is 18.7 Å². The highest BCUT2D eigenvalue weighted by Crippen LogP contribution is 2.66. The predicted molar refractivity (Wildman–Crippen MR) is 168 cm³/mol. The van der Waals surface area contributed by atoms with Crippen molar-refractivity contribution in [3.63, 3.8) is 0 Å². The Hall–Kier alpha value is -3.09. The number of ether oxygens (including phenoxy) is 3. The third kappa shape index (κ3) is 11.2. The summed E-state index contributed by atoms with van der Waals surface area (Å²) in [6.45, 7) is 3.71. The third-order valence-corrected chi connectivity index (χ3v) is 10.5. The van der Waals surface area contributed by atoms with E-state index in [9.17, 15) is 48.3 Å². The van der Waals surface area contributed by atoms with Gasteiger partial charge in [-0.2, -0.15) is 8.62 Å². The summed E-state index contributed by atoms with van der Waals surface area (Å²) in [5, 5.41) is 22.6. The molecule has 1 aliphatic rings. The maximum Gasteiger partial charge on any atom is 0.490 e. The van der Waals surface area contributed by atoms with E-state index < -0.39 is 82.8 Å². The minimum absolute atomic E-state index is 0.00331. The molecule has 6 atom stereocenters. The van der Waals surface area contributed by atoms with Crippen LogP contribution in [0.3, 0.4) is 0 Å². The molecule has 1 saturated heterocycles. The van der Waals surface area contributed by atoms with Gasteiger partial charge >= 0.3 is 29.2 Å². The van der Waals surface area contributed by atoms with Gasteiger partial charge in [-0.05, 0) is 11.5 Å². The van der Waals surface area contributed by atoms with Gasteiger partial charge in [-0.15, -0.1) is 0 Å². The molecular formula is C25H35N4O18P3. The number of benzene rings is 1. The molecule has 3 rings (SSSR count). The first-order valence-electron chi connectivity index (χ1n) is 14.1. The average Bonchev–Trinajstić information content (AvgIpc) is 3.33. The molecule has 3 unspecified atom stereocenters. The van der Waals surface area contributed by atoms with Crippen molar-refractivity contribution in [1.82, 2.24) is 9.55 Å². The van der Waals surface area contributed by atoms with Crippen LogP contribution in [-0.4, -0.2) is 71.6 Å². The number of methoxy groups -OCH3 is 1. The fourth-order valence-corrected chi connectivity index (χ4v) is 7.72. The van der Waals surface area contributed by atoms with Crippen LogP contribution in [0.2, 0.25) is 0 Å². The number of phosphoric acid groups is 3. The molecule has 0 radical (unpaired) electrons. The van der Waals surface area contributed by atoms with Crippen LogP contribution in [-0.2, 0) is 42.9 Å². The molecule has 0 amide bonds. The third-order valence-electron chi connectivity index (χ3n) is 6.72. The van der Waals surface area contributed by atoms with Gasteiger partial charge < -0.3 is 44.6 Å². The summed E-state index contributed by atoms with van der Waals surface area (Å²) >= 11 is 0. The standard InChI is InChI=1S/C25H35N4O18P3/c1-25(2,3)22(16-9-19(42-4)14(6-5-7-26)8-17(16)29(33)34)43-12-15-11-28(24(32)27-23(15)31)21-10-18(30)20(45-21)13-44-49(38,39)47-50(40,41)46-48(35,36)37/h8-9,11,18,20-22,30H,7,10,12-13,26H2,1-4H3,(H,38,39)(H,40,41)(H,27,31,32)(H2,35,36,37)/t18?,20-,21-,22-/m1/s1. The second kappa shape index (κ2) is 16.1. The maximum absolute atomic E-state index is 12.8. The number of hydrogen-bond donors (Lipinski definition) is 7. The number of H-pyrrole nitrogens is 1. The molecule has 1 aromatic carbocycles. The van der Waals surface area contributed by atoms with Crippen molar-refractivity contribution < 1.29 is 70.7 Å². The topological polar surface area (TPSA) is 332 Å². The van der Waals surface area contributed by atoms with Gasteiger partial charge in [0.2, 0.25) is 0 Å². The van der Waals surface area contributed by atoms with Crippen LogP contribution in [0.25, 0.3) is 0 Å². The summed E-state index contributed by atoms with van der Waals surface area (Å²) in [4.78, 5) is 75.3. The normalized spacial score (nSPS) is 21.0. The van der Waals surface area contributed by atoms with Crippen LogP contribution in [0.4, 0.5) is 5.69 Å². The van der Waals surface area contributed by atoms with Crippen molar-refractivity contribution in [2.24, 2.45) is 11.1 Å². The van der Waals surface area contributed by atoms with E-state index in [-0.39, 0.29) is 41.1 Å². The van der Waals surface area contributed by atoms with Crippen molar-refractivity contribution in [3.05, 3.63) is 66.0 Å². The van der Waals surface area contributed by atoms with Gasteiger partial charge in [0.1, 0.15) is 18.1 Å². The SMILES string of the molecule is COc1cc([C@@H](OCc2cn([C@H]3CC(O)[C@@H](COP(=O)(O)OP(=O)(O)OP(=O)(O)O)O3)c(=O)[nH]c2=O)C(C)(C)C)c([N+](=O)[O-])cc1C#CCN. The van der Waals surface area contributed by atoms with Crippen LogP contribution in [0.15, 0.2) is 27.9 Å². The first kappa shape index (κ1) is 41.3. The molecule has 1 aliphatic heterocycles. The number of aliphatic hydroxyl groups excluding tert-OH is 1. The fraction of sp³-hybridized carbons (Fsp3) is 0.520. The zero-order chi connectivity index (χ0) is 37.8. The molecule has 0 saturated carbocycles. The van der Waals surface area contributed by atoms with Crippen LogP contribution < -0.4 is 21.7 Å². The lowest BCUT2D eigenvalue weighted by atomic mass is 9.83. The number of nitro benzene ring substituents is 1. The summed E-state index contributed by atoms with van der Waals surface area (Å²) in [5.74, 6) is 5.54. The molecule has 1 aromatic heterocycles. The average molecular weight is 772 g/mol. The van der Waals surface area contributed by atoms with Gasteiger partial charge in [-0.3, -0.25) is 29.0 Å². The van der Waals surface area contributed by atoms with Crippen LogP contribution >= 0.6 is 23.5 Å². The number of phosphoric ester groups is 1. The number of aromatic amines is 1. The number of nitro groups is 1. The maximum atomic E-state index is 12.8. The Labute approximate surface area is 282 Å². The number of rotatable bonds is 14. The Morgan fingerprint density at radius 2 is 1.82 bits per heavy atom. The molecule has 25 heteroatoms. The minimum atomic E-state index is -5.80. The second-order valence-electron chi connectivity index (χ2n) is 11.6. The summed E-state index contributed by atoms with van der Waals surface area (Å²) < 4.78 is 64.0. The van der Waals surface area contributed by atoms with Crippen LogP contribution in [0.5, 0.6) is 5.75 Å². The monoisotopic (exact) mass is 772 g/mol. The Morgan fingerprint density at radius 3 is 2.38 bits per heavy atom. The van der Waals surface area contributed by atoms with Gasteiger partial charge in [0.15, 0.2) is 0 Å². The molecule has 2 aromatic rings. The van der Waals surface area contributed by atoms with Crippen molar-refractivity contribution >= 4 is 29.2 Å². The highest BCUT2D eigenvalue weighted by Gasteiger charge is 2.43. The zero-order valence-electron chi connectivity index (χ0n) is 26.7. The van der Waals surface area contributed by atoms with E-state index in [0.29, 0.717) is 0 Å². The van der Waals surface area contributed by atoms with Crippen molar-refractivity contribution in [3.8, 4) is 17.6 Å². The first-order valence-corrected chi connectivity index (χ1v) is 18.6. The Morgan fingerprint density at radius 1 is 1.16 bits per heavy atom. The molecule has 8 N–H and O–H groups in total. The summed E-state index contributed by atoms with van der Waals surface area (Å²) in [5.41, 5.74) is 2.58. The lowest BCUT2D eigenvalue weighted by Gasteiger charge is -2.31. The van der Waals surface area contributed by atoms with Gasteiger partial charge in [-0.25, -0.2) is 18.5 Å². The van der Waals surface area contributed by atoms with Gasteiger partial charge in [0.25, 0.3) is 11.2 Å². The molecular weight excluding hydrogens is 737 g/mol. The highest BCUT2D eigenvalue weighted by atomic mass is 31.3. The van der Waals surface area contributed by atoms with E-state index in [1.54, 1.807) is 20.8 Å². The summed E-state index contributed by atoms with van der Waals surface area (Å²) in [6, 6.07) is 2.62. The van der Waals surface area contributed by atoms with E-state index >= 15 is 0 Å². The summed E-state index contributed by atoms with van der Waals surface area (Å²) in [6.07, 6.45) is -4.58.